The predicted molar refractivity (Wildman–Crippen MR) is 69.8 cm³/mol. The second-order valence-electron chi connectivity index (χ2n) is 4.10. The molecule has 0 spiro atoms. The second-order valence-corrected chi connectivity index (χ2v) is 4.10. The molecule has 0 fully saturated rings. The molecule has 0 atom stereocenters. The van der Waals surface area contributed by atoms with Gasteiger partial charge < -0.3 is 10.2 Å². The molecular weight excluding hydrogens is 214 g/mol. The number of nitrogens with one attached hydrogen (secondary N) is 1. The van der Waals surface area contributed by atoms with Crippen LogP contribution >= 0.6 is 0 Å². The van der Waals surface area contributed by atoms with Gasteiger partial charge in [0.15, 0.2) is 0 Å². The third-order valence-electron chi connectivity index (χ3n) is 2.91. The van der Waals surface area contributed by atoms with Crippen molar-refractivity contribution in [3.63, 3.8) is 0 Å². The van der Waals surface area contributed by atoms with E-state index in [0.29, 0.717) is 0 Å². The molecule has 17 heavy (non-hydrogen) atoms. The fourth-order valence-corrected chi connectivity index (χ4v) is 1.80. The standard InChI is InChI=1S/C12H25N5/c1-4-8-17-12(14-11-15-17)10-13-7-9-16(5-2)6-3/h11,13H,4-10H2,1-3H3. The summed E-state index contributed by atoms with van der Waals surface area (Å²) in [6, 6.07) is 0. The van der Waals surface area contributed by atoms with E-state index < -0.39 is 0 Å². The van der Waals surface area contributed by atoms with Crippen LogP contribution in [0.5, 0.6) is 0 Å². The molecule has 1 aromatic heterocycles. The Bertz CT molecular complexity index is 293. The molecule has 0 amide bonds. The van der Waals surface area contributed by atoms with Crippen LogP contribution in [0.4, 0.5) is 0 Å². The van der Waals surface area contributed by atoms with Crippen LogP contribution in [-0.4, -0.2) is 45.8 Å². The predicted octanol–water partition coefficient (Wildman–Crippen LogP) is 1.12. The Hall–Kier alpha value is -0.940. The van der Waals surface area contributed by atoms with Crippen molar-refractivity contribution in [3.05, 3.63) is 12.2 Å². The fraction of sp³-hybridized carbons (Fsp3) is 0.833. The van der Waals surface area contributed by atoms with Crippen LogP contribution in [0.1, 0.15) is 33.0 Å². The summed E-state index contributed by atoms with van der Waals surface area (Å²) in [5.74, 6) is 1.03. The molecule has 0 saturated heterocycles. The molecule has 1 heterocycles. The fourth-order valence-electron chi connectivity index (χ4n) is 1.80. The molecule has 0 radical (unpaired) electrons. The first-order chi connectivity index (χ1) is 8.31. The van der Waals surface area contributed by atoms with Gasteiger partial charge in [0.05, 0.1) is 6.54 Å². The monoisotopic (exact) mass is 239 g/mol. The van der Waals surface area contributed by atoms with Gasteiger partial charge in [0.2, 0.25) is 0 Å². The van der Waals surface area contributed by atoms with Gasteiger partial charge in [-0.3, -0.25) is 0 Å². The smallest absolute Gasteiger partial charge is 0.140 e. The van der Waals surface area contributed by atoms with Crippen LogP contribution in [0.2, 0.25) is 0 Å². The summed E-state index contributed by atoms with van der Waals surface area (Å²) in [4.78, 5) is 6.67. The Morgan fingerprint density at radius 1 is 1.29 bits per heavy atom. The zero-order valence-corrected chi connectivity index (χ0v) is 11.3. The first-order valence-electron chi connectivity index (χ1n) is 6.61. The molecule has 1 rings (SSSR count). The van der Waals surface area contributed by atoms with E-state index in [0.717, 1.165) is 51.5 Å². The number of rotatable bonds is 9. The summed E-state index contributed by atoms with van der Waals surface area (Å²) in [5, 5.41) is 7.63. The summed E-state index contributed by atoms with van der Waals surface area (Å²) < 4.78 is 1.98. The summed E-state index contributed by atoms with van der Waals surface area (Å²) in [5.41, 5.74) is 0. The van der Waals surface area contributed by atoms with Gasteiger partial charge in [0.1, 0.15) is 12.2 Å². The minimum Gasteiger partial charge on any atom is -0.309 e. The van der Waals surface area contributed by atoms with Gasteiger partial charge in [-0.15, -0.1) is 0 Å². The van der Waals surface area contributed by atoms with Crippen molar-refractivity contribution in [2.45, 2.75) is 40.3 Å². The van der Waals surface area contributed by atoms with Gasteiger partial charge >= 0.3 is 0 Å². The summed E-state index contributed by atoms with van der Waals surface area (Å²) in [6.45, 7) is 12.6. The maximum absolute atomic E-state index is 4.27. The number of aryl methyl sites for hydroxylation is 1. The minimum atomic E-state index is 0.807. The zero-order valence-electron chi connectivity index (χ0n) is 11.3. The molecule has 0 saturated carbocycles. The minimum absolute atomic E-state index is 0.807. The van der Waals surface area contributed by atoms with Crippen molar-refractivity contribution < 1.29 is 0 Å². The normalized spacial score (nSPS) is 11.3. The highest BCUT2D eigenvalue weighted by Crippen LogP contribution is 1.95. The van der Waals surface area contributed by atoms with Crippen molar-refractivity contribution >= 4 is 0 Å². The summed E-state index contributed by atoms with van der Waals surface area (Å²) in [6.07, 6.45) is 2.73. The summed E-state index contributed by atoms with van der Waals surface area (Å²) >= 11 is 0. The van der Waals surface area contributed by atoms with Crippen LogP contribution in [0.15, 0.2) is 6.33 Å². The van der Waals surface area contributed by atoms with Crippen LogP contribution in [-0.2, 0) is 13.1 Å². The number of nitrogens with zero attached hydrogens (tertiary/aromatic N) is 4. The number of likely N-dealkylation sites (N-methyl/N-ethyl adjacent to an activating group) is 1. The van der Waals surface area contributed by atoms with Gasteiger partial charge in [-0.2, -0.15) is 5.10 Å². The van der Waals surface area contributed by atoms with E-state index in [9.17, 15) is 0 Å². The molecule has 0 aliphatic carbocycles. The Labute approximate surface area is 104 Å². The van der Waals surface area contributed by atoms with E-state index in [2.05, 4.69) is 41.1 Å². The van der Waals surface area contributed by atoms with Gasteiger partial charge in [-0.25, -0.2) is 9.67 Å². The molecule has 0 aromatic carbocycles. The lowest BCUT2D eigenvalue weighted by molar-refractivity contribution is 0.301. The van der Waals surface area contributed by atoms with E-state index >= 15 is 0 Å². The van der Waals surface area contributed by atoms with E-state index in [1.165, 1.54) is 0 Å². The molecule has 0 bridgehead atoms. The number of aromatic nitrogens is 3. The molecule has 0 aliphatic rings. The second kappa shape index (κ2) is 8.20. The number of hydrogen-bond donors (Lipinski definition) is 1. The largest absolute Gasteiger partial charge is 0.309 e. The average Bonchev–Trinajstić information content (AvgIpc) is 2.78. The van der Waals surface area contributed by atoms with E-state index in [1.54, 1.807) is 6.33 Å². The quantitative estimate of drug-likeness (QED) is 0.656. The van der Waals surface area contributed by atoms with Crippen LogP contribution in [0.3, 0.4) is 0 Å². The van der Waals surface area contributed by atoms with E-state index in [1.807, 2.05) is 4.68 Å². The molecule has 0 unspecified atom stereocenters. The Morgan fingerprint density at radius 2 is 2.06 bits per heavy atom. The van der Waals surface area contributed by atoms with Gasteiger partial charge in [-0.05, 0) is 19.5 Å². The van der Waals surface area contributed by atoms with Crippen LogP contribution in [0, 0.1) is 0 Å². The van der Waals surface area contributed by atoms with Crippen molar-refractivity contribution in [1.29, 1.82) is 0 Å². The van der Waals surface area contributed by atoms with Gasteiger partial charge in [0.25, 0.3) is 0 Å². The molecule has 5 nitrogen and oxygen atoms in total. The van der Waals surface area contributed by atoms with Gasteiger partial charge in [0, 0.05) is 19.6 Å². The lowest BCUT2D eigenvalue weighted by atomic mass is 10.4. The zero-order chi connectivity index (χ0) is 12.5. The Balaban J connectivity index is 2.23. The SMILES string of the molecule is CCCn1ncnc1CNCCN(CC)CC. The Morgan fingerprint density at radius 3 is 2.71 bits per heavy atom. The maximum atomic E-state index is 4.27. The highest BCUT2D eigenvalue weighted by atomic mass is 15.3. The molecular formula is C12H25N5. The third kappa shape index (κ3) is 4.83. The van der Waals surface area contributed by atoms with Crippen LogP contribution in [0.25, 0.3) is 0 Å². The lowest BCUT2D eigenvalue weighted by Crippen LogP contribution is -2.32. The van der Waals surface area contributed by atoms with Crippen LogP contribution < -0.4 is 5.32 Å². The van der Waals surface area contributed by atoms with Gasteiger partial charge in [-0.1, -0.05) is 20.8 Å². The van der Waals surface area contributed by atoms with Crippen molar-refractivity contribution in [1.82, 2.24) is 25.0 Å². The average molecular weight is 239 g/mol. The molecule has 1 aromatic rings. The van der Waals surface area contributed by atoms with E-state index in [-0.39, 0.29) is 0 Å². The molecule has 1 N–H and O–H groups in total. The molecule has 98 valence electrons. The highest BCUT2D eigenvalue weighted by Gasteiger charge is 2.03. The first-order valence-corrected chi connectivity index (χ1v) is 6.61. The number of hydrogen-bond acceptors (Lipinski definition) is 4. The van der Waals surface area contributed by atoms with Crippen molar-refractivity contribution in [2.24, 2.45) is 0 Å². The lowest BCUT2D eigenvalue weighted by Gasteiger charge is -2.17. The van der Waals surface area contributed by atoms with E-state index in [4.69, 9.17) is 0 Å². The first kappa shape index (κ1) is 14.1. The molecule has 0 aliphatic heterocycles. The van der Waals surface area contributed by atoms with Crippen molar-refractivity contribution in [2.75, 3.05) is 26.2 Å². The third-order valence-corrected chi connectivity index (χ3v) is 2.91. The molecule has 5 heteroatoms. The maximum Gasteiger partial charge on any atom is 0.140 e. The Kier molecular flexibility index (Phi) is 6.81. The van der Waals surface area contributed by atoms with Crippen molar-refractivity contribution in [3.8, 4) is 0 Å². The highest BCUT2D eigenvalue weighted by molar-refractivity contribution is 4.83. The summed E-state index contributed by atoms with van der Waals surface area (Å²) in [7, 11) is 0. The topological polar surface area (TPSA) is 46.0 Å².